The summed E-state index contributed by atoms with van der Waals surface area (Å²) >= 11 is 1.75. The molecule has 6 heteroatoms. The van der Waals surface area contributed by atoms with Crippen LogP contribution < -0.4 is 10.6 Å². The zero-order valence-corrected chi connectivity index (χ0v) is 12.3. The van der Waals surface area contributed by atoms with Crippen LogP contribution in [-0.2, 0) is 0 Å². The molecule has 18 heavy (non-hydrogen) atoms. The van der Waals surface area contributed by atoms with Crippen LogP contribution in [0.15, 0.2) is 24.3 Å². The average molecular weight is 306 g/mol. The Morgan fingerprint density at radius 1 is 1.17 bits per heavy atom. The first kappa shape index (κ1) is 15.5. The standard InChI is InChI=1S/C12H15N3S.2ClH/c1-2-4-11-10(3-1)15-12(16-11)14-9-5-7-13-8-6-9;;/h1-4,9,13H,5-8H2,(H,14,15);2*1H. The molecule has 1 aliphatic rings. The molecule has 3 nitrogen and oxygen atoms in total. The van der Waals surface area contributed by atoms with Gasteiger partial charge >= 0.3 is 0 Å². The number of hydrogen-bond donors (Lipinski definition) is 2. The largest absolute Gasteiger partial charge is 0.359 e. The Labute approximate surface area is 123 Å². The number of nitrogens with zero attached hydrogens (tertiary/aromatic N) is 1. The van der Waals surface area contributed by atoms with Crippen LogP contribution in [0.4, 0.5) is 5.13 Å². The predicted octanol–water partition coefficient (Wildman–Crippen LogP) is 3.30. The monoisotopic (exact) mass is 305 g/mol. The van der Waals surface area contributed by atoms with Crippen molar-refractivity contribution in [1.29, 1.82) is 0 Å². The number of piperidine rings is 1. The van der Waals surface area contributed by atoms with Gasteiger partial charge in [-0.05, 0) is 38.1 Å². The zero-order chi connectivity index (χ0) is 10.8. The van der Waals surface area contributed by atoms with Gasteiger partial charge in [0.1, 0.15) is 0 Å². The van der Waals surface area contributed by atoms with E-state index in [1.807, 2.05) is 6.07 Å². The lowest BCUT2D eigenvalue weighted by molar-refractivity contribution is 0.479. The molecule has 0 bridgehead atoms. The number of nitrogens with one attached hydrogen (secondary N) is 2. The van der Waals surface area contributed by atoms with Crippen molar-refractivity contribution in [3.8, 4) is 0 Å². The summed E-state index contributed by atoms with van der Waals surface area (Å²) in [5, 5.41) is 7.97. The Hall–Kier alpha value is -0.550. The normalized spacial score (nSPS) is 15.8. The molecule has 0 saturated carbocycles. The molecule has 3 rings (SSSR count). The number of benzene rings is 1. The van der Waals surface area contributed by atoms with Crippen LogP contribution in [-0.4, -0.2) is 24.1 Å². The van der Waals surface area contributed by atoms with E-state index < -0.39 is 0 Å². The lowest BCUT2D eigenvalue weighted by atomic mass is 10.1. The Bertz CT molecular complexity index is 450. The van der Waals surface area contributed by atoms with Crippen molar-refractivity contribution < 1.29 is 0 Å². The van der Waals surface area contributed by atoms with Gasteiger partial charge in [0.25, 0.3) is 0 Å². The van der Waals surface area contributed by atoms with Gasteiger partial charge in [0.15, 0.2) is 5.13 Å². The quantitative estimate of drug-likeness (QED) is 0.894. The molecule has 0 radical (unpaired) electrons. The van der Waals surface area contributed by atoms with Gasteiger partial charge in [-0.25, -0.2) is 4.98 Å². The lowest BCUT2D eigenvalue weighted by Crippen LogP contribution is -2.35. The van der Waals surface area contributed by atoms with Crippen LogP contribution in [0.2, 0.25) is 0 Å². The molecule has 0 atom stereocenters. The van der Waals surface area contributed by atoms with Gasteiger partial charge in [-0.15, -0.1) is 24.8 Å². The highest BCUT2D eigenvalue weighted by Gasteiger charge is 2.14. The van der Waals surface area contributed by atoms with Gasteiger partial charge in [-0.3, -0.25) is 0 Å². The SMILES string of the molecule is Cl.Cl.c1ccc2sc(NC3CCNCC3)nc2c1. The summed E-state index contributed by atoms with van der Waals surface area (Å²) in [4.78, 5) is 4.59. The molecule has 2 heterocycles. The predicted molar refractivity (Wildman–Crippen MR) is 83.6 cm³/mol. The number of aromatic nitrogens is 1. The van der Waals surface area contributed by atoms with E-state index in [0.717, 1.165) is 23.7 Å². The highest BCUT2D eigenvalue weighted by Crippen LogP contribution is 2.26. The lowest BCUT2D eigenvalue weighted by Gasteiger charge is -2.23. The second-order valence-electron chi connectivity index (χ2n) is 4.16. The molecule has 1 aromatic heterocycles. The minimum atomic E-state index is 0. The smallest absolute Gasteiger partial charge is 0.184 e. The third-order valence-electron chi connectivity index (χ3n) is 2.96. The second-order valence-corrected chi connectivity index (χ2v) is 5.19. The Kier molecular flexibility index (Phi) is 6.15. The third-order valence-corrected chi connectivity index (χ3v) is 3.93. The molecular formula is C12H17Cl2N3S. The summed E-state index contributed by atoms with van der Waals surface area (Å²) in [6, 6.07) is 8.88. The van der Waals surface area contributed by atoms with Crippen molar-refractivity contribution >= 4 is 51.5 Å². The molecular weight excluding hydrogens is 289 g/mol. The third kappa shape index (κ3) is 3.48. The van der Waals surface area contributed by atoms with Gasteiger partial charge < -0.3 is 10.6 Å². The van der Waals surface area contributed by atoms with Crippen LogP contribution in [0.3, 0.4) is 0 Å². The second kappa shape index (κ2) is 7.14. The first-order valence-electron chi connectivity index (χ1n) is 5.75. The average Bonchev–Trinajstić information content (AvgIpc) is 2.72. The van der Waals surface area contributed by atoms with Crippen LogP contribution >= 0.6 is 36.2 Å². The molecule has 0 amide bonds. The molecule has 2 N–H and O–H groups in total. The van der Waals surface area contributed by atoms with Crippen LogP contribution in [0.1, 0.15) is 12.8 Å². The summed E-state index contributed by atoms with van der Waals surface area (Å²) < 4.78 is 1.26. The van der Waals surface area contributed by atoms with Gasteiger partial charge in [0.05, 0.1) is 10.2 Å². The van der Waals surface area contributed by atoms with E-state index in [0.29, 0.717) is 6.04 Å². The Balaban J connectivity index is 0.000000810. The van der Waals surface area contributed by atoms with E-state index in [9.17, 15) is 0 Å². The minimum absolute atomic E-state index is 0. The molecule has 1 fully saturated rings. The number of hydrogen-bond acceptors (Lipinski definition) is 4. The van der Waals surface area contributed by atoms with Crippen molar-refractivity contribution in [3.05, 3.63) is 24.3 Å². The van der Waals surface area contributed by atoms with E-state index in [2.05, 4.69) is 33.8 Å². The number of rotatable bonds is 2. The van der Waals surface area contributed by atoms with Gasteiger partial charge in [-0.1, -0.05) is 23.5 Å². The fraction of sp³-hybridized carbons (Fsp3) is 0.417. The van der Waals surface area contributed by atoms with Crippen molar-refractivity contribution in [2.75, 3.05) is 18.4 Å². The molecule has 100 valence electrons. The molecule has 1 aromatic carbocycles. The van der Waals surface area contributed by atoms with Crippen LogP contribution in [0.25, 0.3) is 10.2 Å². The van der Waals surface area contributed by atoms with Gasteiger partial charge in [0, 0.05) is 6.04 Å². The maximum absolute atomic E-state index is 4.59. The van der Waals surface area contributed by atoms with E-state index in [-0.39, 0.29) is 24.8 Å². The van der Waals surface area contributed by atoms with Gasteiger partial charge in [0.2, 0.25) is 0 Å². The van der Waals surface area contributed by atoms with E-state index in [1.165, 1.54) is 17.5 Å². The van der Waals surface area contributed by atoms with E-state index in [1.54, 1.807) is 11.3 Å². The molecule has 0 spiro atoms. The maximum Gasteiger partial charge on any atom is 0.184 e. The van der Waals surface area contributed by atoms with E-state index in [4.69, 9.17) is 0 Å². The Morgan fingerprint density at radius 3 is 2.61 bits per heavy atom. The molecule has 0 unspecified atom stereocenters. The Morgan fingerprint density at radius 2 is 1.89 bits per heavy atom. The highest BCUT2D eigenvalue weighted by molar-refractivity contribution is 7.22. The molecule has 1 aliphatic heterocycles. The molecule has 1 saturated heterocycles. The van der Waals surface area contributed by atoms with Crippen molar-refractivity contribution in [3.63, 3.8) is 0 Å². The minimum Gasteiger partial charge on any atom is -0.359 e. The van der Waals surface area contributed by atoms with Crippen LogP contribution in [0.5, 0.6) is 0 Å². The fourth-order valence-electron chi connectivity index (χ4n) is 2.07. The van der Waals surface area contributed by atoms with Gasteiger partial charge in [-0.2, -0.15) is 0 Å². The first-order valence-corrected chi connectivity index (χ1v) is 6.56. The summed E-state index contributed by atoms with van der Waals surface area (Å²) in [5.41, 5.74) is 1.10. The number of thiazole rings is 1. The first-order chi connectivity index (χ1) is 7.92. The number of anilines is 1. The zero-order valence-electron chi connectivity index (χ0n) is 9.89. The topological polar surface area (TPSA) is 37.0 Å². The number of halogens is 2. The number of para-hydroxylation sites is 1. The van der Waals surface area contributed by atoms with Crippen molar-refractivity contribution in [2.24, 2.45) is 0 Å². The highest BCUT2D eigenvalue weighted by atomic mass is 35.5. The summed E-state index contributed by atoms with van der Waals surface area (Å²) in [6.45, 7) is 2.23. The summed E-state index contributed by atoms with van der Waals surface area (Å²) in [7, 11) is 0. The van der Waals surface area contributed by atoms with Crippen molar-refractivity contribution in [1.82, 2.24) is 10.3 Å². The van der Waals surface area contributed by atoms with E-state index >= 15 is 0 Å². The maximum atomic E-state index is 4.59. The summed E-state index contributed by atoms with van der Waals surface area (Å²) in [5.74, 6) is 0. The molecule has 0 aliphatic carbocycles. The molecule has 2 aromatic rings. The van der Waals surface area contributed by atoms with Crippen molar-refractivity contribution in [2.45, 2.75) is 18.9 Å². The summed E-state index contributed by atoms with van der Waals surface area (Å²) in [6.07, 6.45) is 2.38. The van der Waals surface area contributed by atoms with Crippen LogP contribution in [0, 0.1) is 0 Å². The number of fused-ring (bicyclic) bond motifs is 1. The fourth-order valence-corrected chi connectivity index (χ4v) is 3.02.